The smallest absolute Gasteiger partial charge is 0.410 e. The first-order chi connectivity index (χ1) is 10.8. The van der Waals surface area contributed by atoms with Gasteiger partial charge < -0.3 is 15.0 Å². The normalized spacial score (nSPS) is 22.0. The van der Waals surface area contributed by atoms with Gasteiger partial charge in [-0.1, -0.05) is 29.8 Å². The zero-order chi connectivity index (χ0) is 17.0. The van der Waals surface area contributed by atoms with E-state index in [0.717, 1.165) is 30.0 Å². The van der Waals surface area contributed by atoms with Gasteiger partial charge in [-0.15, -0.1) is 0 Å². The topological polar surface area (TPSA) is 41.6 Å². The van der Waals surface area contributed by atoms with E-state index in [-0.39, 0.29) is 18.2 Å². The number of hydrogen-bond acceptors (Lipinski definition) is 3. The zero-order valence-electron chi connectivity index (χ0n) is 14.4. The van der Waals surface area contributed by atoms with Crippen molar-refractivity contribution >= 4 is 17.7 Å². The average molecular weight is 339 g/mol. The number of nitrogens with zero attached hydrogens (tertiary/aromatic N) is 1. The highest BCUT2D eigenvalue weighted by atomic mass is 35.5. The molecule has 0 spiro atoms. The highest BCUT2D eigenvalue weighted by Crippen LogP contribution is 2.22. The van der Waals surface area contributed by atoms with Gasteiger partial charge in [-0.2, -0.15) is 0 Å². The van der Waals surface area contributed by atoms with Crippen molar-refractivity contribution in [2.24, 2.45) is 0 Å². The number of halogens is 1. The molecule has 1 aliphatic heterocycles. The molecule has 1 amide bonds. The fraction of sp³-hybridized carbons (Fsp3) is 0.611. The van der Waals surface area contributed by atoms with Gasteiger partial charge in [-0.25, -0.2) is 4.79 Å². The van der Waals surface area contributed by atoms with Crippen molar-refractivity contribution in [3.8, 4) is 0 Å². The van der Waals surface area contributed by atoms with Gasteiger partial charge in [-0.05, 0) is 52.2 Å². The van der Waals surface area contributed by atoms with Crippen LogP contribution in [0.25, 0.3) is 0 Å². The van der Waals surface area contributed by atoms with Crippen molar-refractivity contribution in [3.05, 3.63) is 34.9 Å². The number of ether oxygens (including phenoxy) is 1. The lowest BCUT2D eigenvalue weighted by Crippen LogP contribution is -2.55. The summed E-state index contributed by atoms with van der Waals surface area (Å²) in [6.45, 7) is 9.22. The maximum absolute atomic E-state index is 12.4. The van der Waals surface area contributed by atoms with E-state index in [4.69, 9.17) is 16.3 Å². The molecule has 1 aromatic rings. The van der Waals surface area contributed by atoms with Crippen LogP contribution in [0.5, 0.6) is 0 Å². The number of likely N-dealkylation sites (tertiary alicyclic amines) is 1. The monoisotopic (exact) mass is 338 g/mol. The molecule has 0 radical (unpaired) electrons. The molecule has 5 heteroatoms. The van der Waals surface area contributed by atoms with Crippen LogP contribution in [-0.4, -0.2) is 35.2 Å². The predicted molar refractivity (Wildman–Crippen MR) is 93.7 cm³/mol. The second-order valence-corrected chi connectivity index (χ2v) is 7.54. The third-order valence-electron chi connectivity index (χ3n) is 4.13. The molecular formula is C18H27ClN2O2. The van der Waals surface area contributed by atoms with E-state index in [1.54, 1.807) is 0 Å². The Hall–Kier alpha value is -1.26. The quantitative estimate of drug-likeness (QED) is 0.897. The lowest BCUT2D eigenvalue weighted by Gasteiger charge is -2.40. The van der Waals surface area contributed by atoms with Gasteiger partial charge in [0.05, 0.1) is 0 Å². The minimum Gasteiger partial charge on any atom is -0.444 e. The van der Waals surface area contributed by atoms with Crippen LogP contribution in [0.15, 0.2) is 24.3 Å². The van der Waals surface area contributed by atoms with E-state index in [9.17, 15) is 4.79 Å². The molecule has 1 N–H and O–H groups in total. The van der Waals surface area contributed by atoms with Crippen LogP contribution in [-0.2, 0) is 11.3 Å². The molecule has 2 atom stereocenters. The second-order valence-electron chi connectivity index (χ2n) is 7.14. The molecule has 23 heavy (non-hydrogen) atoms. The van der Waals surface area contributed by atoms with Crippen LogP contribution >= 0.6 is 11.6 Å². The molecule has 0 saturated carbocycles. The molecule has 0 aliphatic carbocycles. The molecule has 2 rings (SSSR count). The van der Waals surface area contributed by atoms with E-state index in [1.807, 2.05) is 49.9 Å². The number of carbonyl (C=O) groups is 1. The SMILES string of the molecule is CC1C(NCc2ccccc2Cl)CCCN1C(=O)OC(C)(C)C. The number of piperidine rings is 1. The Morgan fingerprint density at radius 1 is 1.39 bits per heavy atom. The summed E-state index contributed by atoms with van der Waals surface area (Å²) in [7, 11) is 0. The minimum absolute atomic E-state index is 0.0982. The van der Waals surface area contributed by atoms with Crippen molar-refractivity contribution in [1.29, 1.82) is 0 Å². The van der Waals surface area contributed by atoms with Crippen molar-refractivity contribution < 1.29 is 9.53 Å². The number of hydrogen-bond donors (Lipinski definition) is 1. The van der Waals surface area contributed by atoms with Crippen LogP contribution in [0.2, 0.25) is 5.02 Å². The third-order valence-corrected chi connectivity index (χ3v) is 4.50. The Bertz CT molecular complexity index is 542. The number of rotatable bonds is 3. The second kappa shape index (κ2) is 7.54. The van der Waals surface area contributed by atoms with Crippen molar-refractivity contribution in [3.63, 3.8) is 0 Å². The Labute approximate surface area is 144 Å². The van der Waals surface area contributed by atoms with Gasteiger partial charge in [0.1, 0.15) is 5.60 Å². The fourth-order valence-electron chi connectivity index (χ4n) is 2.88. The highest BCUT2D eigenvalue weighted by molar-refractivity contribution is 6.31. The van der Waals surface area contributed by atoms with E-state index < -0.39 is 5.60 Å². The largest absolute Gasteiger partial charge is 0.444 e. The Morgan fingerprint density at radius 3 is 2.74 bits per heavy atom. The highest BCUT2D eigenvalue weighted by Gasteiger charge is 2.33. The van der Waals surface area contributed by atoms with Crippen LogP contribution < -0.4 is 5.32 Å². The molecule has 1 saturated heterocycles. The third kappa shape index (κ3) is 5.11. The van der Waals surface area contributed by atoms with Crippen molar-refractivity contribution in [1.82, 2.24) is 10.2 Å². The van der Waals surface area contributed by atoms with E-state index in [1.165, 1.54) is 0 Å². The standard InChI is InChI=1S/C18H27ClN2O2/c1-13-16(20-12-14-8-5-6-9-15(14)19)10-7-11-21(13)17(22)23-18(2,3)4/h5-6,8-9,13,16,20H,7,10-12H2,1-4H3. The number of carbonyl (C=O) groups excluding carboxylic acids is 1. The summed E-state index contributed by atoms with van der Waals surface area (Å²) in [6, 6.07) is 8.18. The number of nitrogens with one attached hydrogen (secondary N) is 1. The summed E-state index contributed by atoms with van der Waals surface area (Å²) in [5, 5.41) is 4.31. The summed E-state index contributed by atoms with van der Waals surface area (Å²) in [4.78, 5) is 14.2. The van der Waals surface area contributed by atoms with Crippen LogP contribution in [0.3, 0.4) is 0 Å². The Balaban J connectivity index is 1.95. The summed E-state index contributed by atoms with van der Waals surface area (Å²) < 4.78 is 5.52. The fourth-order valence-corrected chi connectivity index (χ4v) is 3.08. The van der Waals surface area contributed by atoms with Gasteiger partial charge in [-0.3, -0.25) is 0 Å². The molecule has 4 nitrogen and oxygen atoms in total. The lowest BCUT2D eigenvalue weighted by atomic mass is 9.97. The molecule has 1 aliphatic rings. The van der Waals surface area contributed by atoms with Gasteiger partial charge in [0, 0.05) is 30.2 Å². The molecule has 1 heterocycles. The molecule has 128 valence electrons. The molecular weight excluding hydrogens is 312 g/mol. The molecule has 1 fully saturated rings. The van der Waals surface area contributed by atoms with Crippen LogP contribution in [0.4, 0.5) is 4.79 Å². The first-order valence-electron chi connectivity index (χ1n) is 8.24. The maximum Gasteiger partial charge on any atom is 0.410 e. The zero-order valence-corrected chi connectivity index (χ0v) is 15.2. The summed E-state index contributed by atoms with van der Waals surface area (Å²) >= 11 is 6.21. The summed E-state index contributed by atoms with van der Waals surface area (Å²) in [5.74, 6) is 0. The number of amides is 1. The van der Waals surface area contributed by atoms with E-state index in [2.05, 4.69) is 12.2 Å². The average Bonchev–Trinajstić information content (AvgIpc) is 2.46. The Morgan fingerprint density at radius 2 is 2.09 bits per heavy atom. The Kier molecular flexibility index (Phi) is 5.93. The molecule has 0 bridgehead atoms. The van der Waals surface area contributed by atoms with Gasteiger partial charge in [0.25, 0.3) is 0 Å². The van der Waals surface area contributed by atoms with Crippen molar-refractivity contribution in [2.75, 3.05) is 6.54 Å². The van der Waals surface area contributed by atoms with Crippen LogP contribution in [0, 0.1) is 0 Å². The predicted octanol–water partition coefficient (Wildman–Crippen LogP) is 4.22. The summed E-state index contributed by atoms with van der Waals surface area (Å²) in [5.41, 5.74) is 0.616. The van der Waals surface area contributed by atoms with Gasteiger partial charge in [0.15, 0.2) is 0 Å². The minimum atomic E-state index is -0.464. The molecule has 1 aromatic carbocycles. The first-order valence-corrected chi connectivity index (χ1v) is 8.62. The van der Waals surface area contributed by atoms with Gasteiger partial charge in [0.2, 0.25) is 0 Å². The van der Waals surface area contributed by atoms with Gasteiger partial charge >= 0.3 is 6.09 Å². The van der Waals surface area contributed by atoms with E-state index >= 15 is 0 Å². The van der Waals surface area contributed by atoms with Crippen molar-refractivity contribution in [2.45, 2.75) is 64.8 Å². The molecule has 0 aromatic heterocycles. The maximum atomic E-state index is 12.4. The first kappa shape index (κ1) is 18.1. The number of benzene rings is 1. The van der Waals surface area contributed by atoms with Crippen LogP contribution in [0.1, 0.15) is 46.1 Å². The van der Waals surface area contributed by atoms with E-state index in [0.29, 0.717) is 6.54 Å². The molecule has 2 unspecified atom stereocenters. The lowest BCUT2D eigenvalue weighted by molar-refractivity contribution is 0.00699. The summed E-state index contributed by atoms with van der Waals surface area (Å²) in [6.07, 6.45) is 1.79.